The molecule has 1 aromatic heterocycles. The van der Waals surface area contributed by atoms with E-state index in [1.165, 1.54) is 0 Å². The third-order valence-electron chi connectivity index (χ3n) is 4.60. The number of carbonyl (C=O) groups excluding carboxylic acids is 1. The largest absolute Gasteiger partial charge is 0.381 e. The van der Waals surface area contributed by atoms with E-state index in [0.29, 0.717) is 11.9 Å². The standard InChI is InChI=1S/C16H27N7O2/c1-22(2)15(24)8-18-16(17-7-12-5-6-25-10-12)21-13-3-4-14-19-11-20-23(14)9-13/h11-13H,3-10H2,1-2H3,(H2,17,18,21). The topological polar surface area (TPSA) is 96.7 Å². The van der Waals surface area contributed by atoms with Crippen LogP contribution in [0.5, 0.6) is 0 Å². The Bertz CT molecular complexity index is 607. The molecule has 0 bridgehead atoms. The van der Waals surface area contributed by atoms with Gasteiger partial charge in [0.1, 0.15) is 18.7 Å². The monoisotopic (exact) mass is 349 g/mol. The van der Waals surface area contributed by atoms with E-state index >= 15 is 0 Å². The third kappa shape index (κ3) is 4.91. The van der Waals surface area contributed by atoms with Crippen molar-refractivity contribution < 1.29 is 9.53 Å². The van der Waals surface area contributed by atoms with Crippen molar-refractivity contribution in [2.75, 3.05) is 40.4 Å². The molecule has 1 fully saturated rings. The second kappa shape index (κ2) is 8.28. The smallest absolute Gasteiger partial charge is 0.243 e. The number of nitrogens with zero attached hydrogens (tertiary/aromatic N) is 5. The van der Waals surface area contributed by atoms with Gasteiger partial charge in [0.2, 0.25) is 5.91 Å². The molecule has 0 radical (unpaired) electrons. The second-order valence-corrected chi connectivity index (χ2v) is 6.80. The molecule has 2 aliphatic rings. The molecule has 1 aromatic rings. The summed E-state index contributed by atoms with van der Waals surface area (Å²) in [6.07, 6.45) is 4.51. The number of guanidine groups is 1. The van der Waals surface area contributed by atoms with Crippen molar-refractivity contribution in [3.05, 3.63) is 12.2 Å². The molecule has 2 atom stereocenters. The first-order chi connectivity index (χ1) is 12.1. The van der Waals surface area contributed by atoms with Crippen LogP contribution < -0.4 is 10.6 Å². The first-order valence-corrected chi connectivity index (χ1v) is 8.81. The highest BCUT2D eigenvalue weighted by atomic mass is 16.5. The lowest BCUT2D eigenvalue weighted by atomic mass is 10.1. The fourth-order valence-electron chi connectivity index (χ4n) is 2.97. The molecular weight excluding hydrogens is 322 g/mol. The maximum absolute atomic E-state index is 11.8. The van der Waals surface area contributed by atoms with E-state index in [4.69, 9.17) is 4.74 Å². The van der Waals surface area contributed by atoms with Crippen LogP contribution in [0.25, 0.3) is 0 Å². The van der Waals surface area contributed by atoms with Gasteiger partial charge in [0, 0.05) is 45.6 Å². The van der Waals surface area contributed by atoms with Crippen LogP contribution in [0.2, 0.25) is 0 Å². The molecule has 2 aliphatic heterocycles. The molecule has 9 nitrogen and oxygen atoms in total. The SMILES string of the molecule is CN(C)C(=O)CN=C(NCC1CCOC1)NC1CCc2ncnn2C1. The maximum atomic E-state index is 11.8. The van der Waals surface area contributed by atoms with E-state index in [0.717, 1.165) is 51.4 Å². The Hall–Kier alpha value is -2.16. The Kier molecular flexibility index (Phi) is 5.85. The first-order valence-electron chi connectivity index (χ1n) is 8.81. The van der Waals surface area contributed by atoms with Crippen molar-refractivity contribution in [1.82, 2.24) is 30.3 Å². The van der Waals surface area contributed by atoms with Crippen LogP contribution in [0.4, 0.5) is 0 Å². The average molecular weight is 349 g/mol. The summed E-state index contributed by atoms with van der Waals surface area (Å²) in [6.45, 7) is 3.28. The Balaban J connectivity index is 1.58. The van der Waals surface area contributed by atoms with Gasteiger partial charge in [-0.05, 0) is 12.8 Å². The Morgan fingerprint density at radius 2 is 2.36 bits per heavy atom. The van der Waals surface area contributed by atoms with Gasteiger partial charge in [-0.1, -0.05) is 0 Å². The van der Waals surface area contributed by atoms with Crippen molar-refractivity contribution in [3.8, 4) is 0 Å². The van der Waals surface area contributed by atoms with Crippen molar-refractivity contribution in [3.63, 3.8) is 0 Å². The molecule has 2 unspecified atom stereocenters. The number of nitrogens with one attached hydrogen (secondary N) is 2. The fraction of sp³-hybridized carbons (Fsp3) is 0.750. The minimum Gasteiger partial charge on any atom is -0.381 e. The quantitative estimate of drug-likeness (QED) is 0.536. The van der Waals surface area contributed by atoms with Gasteiger partial charge in [0.05, 0.1) is 13.2 Å². The molecule has 3 rings (SSSR count). The van der Waals surface area contributed by atoms with Gasteiger partial charge in [-0.25, -0.2) is 14.7 Å². The Morgan fingerprint density at radius 3 is 3.12 bits per heavy atom. The van der Waals surface area contributed by atoms with Crippen molar-refractivity contribution in [2.24, 2.45) is 10.9 Å². The lowest BCUT2D eigenvalue weighted by Gasteiger charge is -2.26. The summed E-state index contributed by atoms with van der Waals surface area (Å²) < 4.78 is 7.34. The molecule has 0 aliphatic carbocycles. The molecule has 0 aromatic carbocycles. The minimum atomic E-state index is -0.0208. The fourth-order valence-corrected chi connectivity index (χ4v) is 2.97. The summed E-state index contributed by atoms with van der Waals surface area (Å²) in [7, 11) is 3.48. The number of amides is 1. The van der Waals surface area contributed by atoms with Crippen molar-refractivity contribution in [1.29, 1.82) is 0 Å². The molecule has 0 spiro atoms. The number of likely N-dealkylation sites (N-methyl/N-ethyl adjacent to an activating group) is 1. The number of carbonyl (C=O) groups is 1. The Labute approximate surface area is 147 Å². The predicted octanol–water partition coefficient (Wildman–Crippen LogP) is -0.747. The summed E-state index contributed by atoms with van der Waals surface area (Å²) in [5.41, 5.74) is 0. The van der Waals surface area contributed by atoms with Crippen LogP contribution in [-0.2, 0) is 22.5 Å². The zero-order valence-corrected chi connectivity index (χ0v) is 14.9. The summed E-state index contributed by atoms with van der Waals surface area (Å²) in [6, 6.07) is 0.217. The summed E-state index contributed by atoms with van der Waals surface area (Å²) in [5.74, 6) is 2.17. The van der Waals surface area contributed by atoms with Gasteiger partial charge in [-0.2, -0.15) is 5.10 Å². The van der Waals surface area contributed by atoms with E-state index in [1.807, 2.05) is 4.68 Å². The van der Waals surface area contributed by atoms with E-state index in [2.05, 4.69) is 25.7 Å². The van der Waals surface area contributed by atoms with Crippen molar-refractivity contribution >= 4 is 11.9 Å². The number of fused-ring (bicyclic) bond motifs is 1. The molecule has 1 saturated heterocycles. The van der Waals surface area contributed by atoms with Crippen molar-refractivity contribution in [2.45, 2.75) is 31.8 Å². The van der Waals surface area contributed by atoms with E-state index < -0.39 is 0 Å². The van der Waals surface area contributed by atoms with Crippen LogP contribution in [0.1, 0.15) is 18.7 Å². The lowest BCUT2D eigenvalue weighted by Crippen LogP contribution is -2.48. The highest BCUT2D eigenvalue weighted by Gasteiger charge is 2.22. The zero-order chi connectivity index (χ0) is 17.6. The number of ether oxygens (including phenoxy) is 1. The summed E-state index contributed by atoms with van der Waals surface area (Å²) in [5, 5.41) is 11.1. The number of aryl methyl sites for hydroxylation is 1. The summed E-state index contributed by atoms with van der Waals surface area (Å²) >= 11 is 0. The van der Waals surface area contributed by atoms with Crippen LogP contribution in [-0.4, -0.2) is 78.0 Å². The molecule has 2 N–H and O–H groups in total. The summed E-state index contributed by atoms with van der Waals surface area (Å²) in [4.78, 5) is 22.1. The zero-order valence-electron chi connectivity index (χ0n) is 14.9. The van der Waals surface area contributed by atoms with E-state index in [-0.39, 0.29) is 18.5 Å². The molecular formula is C16H27N7O2. The molecule has 1 amide bonds. The molecule has 3 heterocycles. The van der Waals surface area contributed by atoms with Crippen LogP contribution >= 0.6 is 0 Å². The highest BCUT2D eigenvalue weighted by molar-refractivity contribution is 5.84. The number of hydrogen-bond donors (Lipinski definition) is 2. The van der Waals surface area contributed by atoms with Gasteiger partial charge in [-0.15, -0.1) is 0 Å². The van der Waals surface area contributed by atoms with Crippen LogP contribution in [0.15, 0.2) is 11.3 Å². The number of aliphatic imine (C=N–C) groups is 1. The maximum Gasteiger partial charge on any atom is 0.243 e. The number of rotatable bonds is 5. The van der Waals surface area contributed by atoms with E-state index in [9.17, 15) is 4.79 Å². The van der Waals surface area contributed by atoms with Crippen LogP contribution in [0.3, 0.4) is 0 Å². The predicted molar refractivity (Wildman–Crippen MR) is 93.2 cm³/mol. The average Bonchev–Trinajstić information content (AvgIpc) is 3.27. The van der Waals surface area contributed by atoms with Gasteiger partial charge >= 0.3 is 0 Å². The Morgan fingerprint density at radius 1 is 1.48 bits per heavy atom. The number of aromatic nitrogens is 3. The van der Waals surface area contributed by atoms with Gasteiger partial charge in [0.15, 0.2) is 5.96 Å². The molecule has 138 valence electrons. The second-order valence-electron chi connectivity index (χ2n) is 6.80. The van der Waals surface area contributed by atoms with E-state index in [1.54, 1.807) is 25.3 Å². The van der Waals surface area contributed by atoms with Gasteiger partial charge in [-0.3, -0.25) is 4.79 Å². The lowest BCUT2D eigenvalue weighted by molar-refractivity contribution is -0.127. The van der Waals surface area contributed by atoms with Gasteiger partial charge < -0.3 is 20.3 Å². The van der Waals surface area contributed by atoms with Gasteiger partial charge in [0.25, 0.3) is 0 Å². The molecule has 25 heavy (non-hydrogen) atoms. The molecule has 0 saturated carbocycles. The highest BCUT2D eigenvalue weighted by Crippen LogP contribution is 2.12. The van der Waals surface area contributed by atoms with Crippen LogP contribution in [0, 0.1) is 5.92 Å². The molecule has 9 heteroatoms. The normalized spacial score (nSPS) is 23.2. The first kappa shape index (κ1) is 17.7. The number of hydrogen-bond acceptors (Lipinski definition) is 5. The minimum absolute atomic E-state index is 0.0208. The third-order valence-corrected chi connectivity index (χ3v) is 4.60.